The van der Waals surface area contributed by atoms with Crippen LogP contribution >= 0.6 is 0 Å². The molecule has 0 aliphatic carbocycles. The van der Waals surface area contributed by atoms with Crippen molar-refractivity contribution in [2.45, 2.75) is 6.54 Å². The van der Waals surface area contributed by atoms with Crippen molar-refractivity contribution in [3.63, 3.8) is 0 Å². The van der Waals surface area contributed by atoms with Crippen molar-refractivity contribution in [2.24, 2.45) is 0 Å². The van der Waals surface area contributed by atoms with Gasteiger partial charge in [0, 0.05) is 45.1 Å². The molecule has 0 radical (unpaired) electrons. The van der Waals surface area contributed by atoms with Gasteiger partial charge in [0.15, 0.2) is 0 Å². The summed E-state index contributed by atoms with van der Waals surface area (Å²) in [4.78, 5) is 16.2. The molecular weight excluding hydrogens is 280 g/mol. The van der Waals surface area contributed by atoms with E-state index in [1.807, 2.05) is 35.1 Å². The third-order valence-corrected chi connectivity index (χ3v) is 3.78. The minimum Gasteiger partial charge on any atom is -0.410 e. The maximum atomic E-state index is 12.1. The molecular formula is C16H20N4O2. The molecule has 1 fully saturated rings. The summed E-state index contributed by atoms with van der Waals surface area (Å²) in [5.74, 6) is 0.591. The zero-order chi connectivity index (χ0) is 15.2. The van der Waals surface area contributed by atoms with E-state index in [0.717, 1.165) is 26.2 Å². The highest BCUT2D eigenvalue weighted by Crippen LogP contribution is 2.11. The maximum absolute atomic E-state index is 12.1. The Morgan fingerprint density at radius 2 is 1.82 bits per heavy atom. The molecule has 1 amide bonds. The van der Waals surface area contributed by atoms with Gasteiger partial charge in [0.1, 0.15) is 5.75 Å². The van der Waals surface area contributed by atoms with Crippen LogP contribution in [0.25, 0.3) is 0 Å². The number of amides is 1. The molecule has 1 saturated heterocycles. The van der Waals surface area contributed by atoms with Gasteiger partial charge in [-0.05, 0) is 18.2 Å². The molecule has 0 bridgehead atoms. The lowest BCUT2D eigenvalue weighted by molar-refractivity contribution is 0.108. The zero-order valence-electron chi connectivity index (χ0n) is 12.5. The van der Waals surface area contributed by atoms with Crippen molar-refractivity contribution in [1.82, 2.24) is 19.6 Å². The van der Waals surface area contributed by atoms with Crippen LogP contribution in [0.5, 0.6) is 5.75 Å². The van der Waals surface area contributed by atoms with Gasteiger partial charge in [-0.2, -0.15) is 5.10 Å². The third-order valence-electron chi connectivity index (χ3n) is 3.78. The van der Waals surface area contributed by atoms with Crippen molar-refractivity contribution in [3.05, 3.63) is 48.8 Å². The van der Waals surface area contributed by atoms with Crippen LogP contribution in [0.2, 0.25) is 0 Å². The average Bonchev–Trinajstić information content (AvgIpc) is 3.08. The molecule has 1 aliphatic rings. The number of carbonyl (C=O) groups is 1. The second-order valence-electron chi connectivity index (χ2n) is 5.28. The Kier molecular flexibility index (Phi) is 4.70. The SMILES string of the molecule is O=C(Oc1ccccc1)N1CCN(CCn2cccn2)CC1. The smallest absolute Gasteiger partial charge is 0.410 e. The molecule has 0 unspecified atom stereocenters. The van der Waals surface area contributed by atoms with E-state index in [9.17, 15) is 4.79 Å². The van der Waals surface area contributed by atoms with Crippen LogP contribution in [0.4, 0.5) is 4.79 Å². The number of rotatable bonds is 4. The maximum Gasteiger partial charge on any atom is 0.415 e. The largest absolute Gasteiger partial charge is 0.415 e. The van der Waals surface area contributed by atoms with Gasteiger partial charge in [-0.25, -0.2) is 4.79 Å². The topological polar surface area (TPSA) is 50.6 Å². The second kappa shape index (κ2) is 7.09. The number of piperazine rings is 1. The van der Waals surface area contributed by atoms with Gasteiger partial charge < -0.3 is 9.64 Å². The Labute approximate surface area is 129 Å². The molecule has 6 nitrogen and oxygen atoms in total. The van der Waals surface area contributed by atoms with Crippen molar-refractivity contribution >= 4 is 6.09 Å². The number of benzene rings is 1. The van der Waals surface area contributed by atoms with Crippen LogP contribution < -0.4 is 4.74 Å². The van der Waals surface area contributed by atoms with E-state index in [0.29, 0.717) is 18.8 Å². The highest BCUT2D eigenvalue weighted by molar-refractivity contribution is 5.70. The van der Waals surface area contributed by atoms with Gasteiger partial charge in [0.05, 0.1) is 6.54 Å². The fraction of sp³-hybridized carbons (Fsp3) is 0.375. The molecule has 2 aromatic rings. The fourth-order valence-corrected chi connectivity index (χ4v) is 2.48. The summed E-state index contributed by atoms with van der Waals surface area (Å²) in [5.41, 5.74) is 0. The second-order valence-corrected chi connectivity index (χ2v) is 5.28. The Morgan fingerprint density at radius 3 is 2.50 bits per heavy atom. The average molecular weight is 300 g/mol. The molecule has 6 heteroatoms. The number of hydrogen-bond donors (Lipinski definition) is 0. The fourth-order valence-electron chi connectivity index (χ4n) is 2.48. The first-order valence-corrected chi connectivity index (χ1v) is 7.53. The minimum absolute atomic E-state index is 0.266. The Morgan fingerprint density at radius 1 is 1.05 bits per heavy atom. The van der Waals surface area contributed by atoms with Crippen LogP contribution in [-0.4, -0.2) is 58.4 Å². The lowest BCUT2D eigenvalue weighted by atomic mass is 10.3. The van der Waals surface area contributed by atoms with Crippen LogP contribution in [0.1, 0.15) is 0 Å². The normalized spacial score (nSPS) is 15.7. The van der Waals surface area contributed by atoms with Crippen molar-refractivity contribution in [1.29, 1.82) is 0 Å². The minimum atomic E-state index is -0.266. The van der Waals surface area contributed by atoms with Gasteiger partial charge in [-0.1, -0.05) is 18.2 Å². The first-order valence-electron chi connectivity index (χ1n) is 7.53. The first kappa shape index (κ1) is 14.6. The Balaban J connectivity index is 1.42. The summed E-state index contributed by atoms with van der Waals surface area (Å²) >= 11 is 0. The number of para-hydroxylation sites is 1. The molecule has 0 atom stereocenters. The molecule has 22 heavy (non-hydrogen) atoms. The molecule has 1 aliphatic heterocycles. The van der Waals surface area contributed by atoms with Crippen molar-refractivity contribution in [3.8, 4) is 5.75 Å². The summed E-state index contributed by atoms with van der Waals surface area (Å²) in [6.45, 7) is 4.95. The molecule has 1 aromatic heterocycles. The van der Waals surface area contributed by atoms with E-state index in [1.54, 1.807) is 23.2 Å². The number of carbonyl (C=O) groups excluding carboxylic acids is 1. The Bertz CT molecular complexity index is 577. The van der Waals surface area contributed by atoms with E-state index in [1.165, 1.54) is 0 Å². The predicted molar refractivity (Wildman–Crippen MR) is 82.7 cm³/mol. The summed E-state index contributed by atoms with van der Waals surface area (Å²) in [6, 6.07) is 11.1. The molecule has 3 rings (SSSR count). The van der Waals surface area contributed by atoms with E-state index in [2.05, 4.69) is 10.00 Å². The van der Waals surface area contributed by atoms with Crippen molar-refractivity contribution < 1.29 is 9.53 Å². The van der Waals surface area contributed by atoms with Crippen LogP contribution in [0.3, 0.4) is 0 Å². The summed E-state index contributed by atoms with van der Waals surface area (Å²) in [5, 5.41) is 4.20. The van der Waals surface area contributed by atoms with Crippen LogP contribution in [0.15, 0.2) is 48.8 Å². The quantitative estimate of drug-likeness (QED) is 0.862. The summed E-state index contributed by atoms with van der Waals surface area (Å²) in [6.07, 6.45) is 3.49. The van der Waals surface area contributed by atoms with E-state index < -0.39 is 0 Å². The highest BCUT2D eigenvalue weighted by atomic mass is 16.6. The van der Waals surface area contributed by atoms with E-state index >= 15 is 0 Å². The monoisotopic (exact) mass is 300 g/mol. The highest BCUT2D eigenvalue weighted by Gasteiger charge is 2.22. The van der Waals surface area contributed by atoms with Gasteiger partial charge >= 0.3 is 6.09 Å². The molecule has 2 heterocycles. The van der Waals surface area contributed by atoms with Gasteiger partial charge in [0.25, 0.3) is 0 Å². The van der Waals surface area contributed by atoms with E-state index in [-0.39, 0.29) is 6.09 Å². The van der Waals surface area contributed by atoms with Crippen molar-refractivity contribution in [2.75, 3.05) is 32.7 Å². The van der Waals surface area contributed by atoms with Gasteiger partial charge in [-0.15, -0.1) is 0 Å². The number of ether oxygens (including phenoxy) is 1. The van der Waals surface area contributed by atoms with Gasteiger partial charge in [0.2, 0.25) is 0 Å². The first-order chi connectivity index (χ1) is 10.8. The standard InChI is InChI=1S/C16H20N4O2/c21-16(22-15-5-2-1-3-6-15)19-12-9-18(10-13-19)11-14-20-8-4-7-17-20/h1-8H,9-14H2. The molecule has 0 N–H and O–H groups in total. The number of aromatic nitrogens is 2. The zero-order valence-corrected chi connectivity index (χ0v) is 12.5. The summed E-state index contributed by atoms with van der Waals surface area (Å²) in [7, 11) is 0. The molecule has 1 aromatic carbocycles. The van der Waals surface area contributed by atoms with Crippen LogP contribution in [0, 0.1) is 0 Å². The predicted octanol–water partition coefficient (Wildman–Crippen LogP) is 1.70. The summed E-state index contributed by atoms with van der Waals surface area (Å²) < 4.78 is 7.29. The van der Waals surface area contributed by atoms with Gasteiger partial charge in [-0.3, -0.25) is 9.58 Å². The molecule has 116 valence electrons. The lowest BCUT2D eigenvalue weighted by Crippen LogP contribution is -2.50. The number of hydrogen-bond acceptors (Lipinski definition) is 4. The van der Waals surface area contributed by atoms with E-state index in [4.69, 9.17) is 4.74 Å². The number of nitrogens with zero attached hydrogens (tertiary/aromatic N) is 4. The molecule has 0 saturated carbocycles. The van der Waals surface area contributed by atoms with Crippen LogP contribution in [-0.2, 0) is 6.54 Å². The lowest BCUT2D eigenvalue weighted by Gasteiger charge is -2.33. The Hall–Kier alpha value is -2.34. The molecule has 0 spiro atoms. The third kappa shape index (κ3) is 3.85.